The van der Waals surface area contributed by atoms with Gasteiger partial charge >= 0.3 is 5.97 Å². The molecule has 0 saturated heterocycles. The highest BCUT2D eigenvalue weighted by molar-refractivity contribution is 5.91. The monoisotopic (exact) mass is 237 g/mol. The average molecular weight is 237 g/mol. The molecule has 2 N–H and O–H groups in total. The molecule has 0 aromatic heterocycles. The molecule has 0 spiro atoms. The Balaban J connectivity index is 2.72. The maximum absolute atomic E-state index is 11.0. The van der Waals surface area contributed by atoms with Crippen LogP contribution in [0.4, 0.5) is 0 Å². The van der Waals surface area contributed by atoms with Gasteiger partial charge in [0.05, 0.1) is 13.0 Å². The molecular weight excluding hydrogens is 222 g/mol. The summed E-state index contributed by atoms with van der Waals surface area (Å²) in [5, 5.41) is 11.4. The molecule has 0 heterocycles. The van der Waals surface area contributed by atoms with Crippen molar-refractivity contribution in [2.75, 3.05) is 13.7 Å². The van der Waals surface area contributed by atoms with Gasteiger partial charge in [0, 0.05) is 7.05 Å². The van der Waals surface area contributed by atoms with Crippen molar-refractivity contribution < 1.29 is 19.4 Å². The number of carbonyl (C=O) groups is 2. The Morgan fingerprint density at radius 1 is 1.41 bits per heavy atom. The summed E-state index contributed by atoms with van der Waals surface area (Å²) in [7, 11) is 1.54. The van der Waals surface area contributed by atoms with Gasteiger partial charge in [-0.2, -0.15) is 0 Å². The van der Waals surface area contributed by atoms with Gasteiger partial charge in [-0.3, -0.25) is 4.79 Å². The second-order valence-electron chi connectivity index (χ2n) is 3.58. The topological polar surface area (TPSA) is 75.6 Å². The SMILES string of the molecule is CNC(=O)CCOc1cc(C)ccc1C(=O)O. The van der Waals surface area contributed by atoms with Crippen LogP contribution in [0.2, 0.25) is 0 Å². The van der Waals surface area contributed by atoms with Gasteiger partial charge in [-0.25, -0.2) is 4.79 Å². The Bertz CT molecular complexity index is 429. The molecule has 0 unspecified atom stereocenters. The van der Waals surface area contributed by atoms with Crippen molar-refractivity contribution in [1.82, 2.24) is 5.32 Å². The standard InChI is InChI=1S/C12H15NO4/c1-8-3-4-9(12(15)16)10(7-8)17-6-5-11(14)13-2/h3-4,7H,5-6H2,1-2H3,(H,13,14)(H,15,16). The molecule has 5 heteroatoms. The van der Waals surface area contributed by atoms with Crippen molar-refractivity contribution in [3.63, 3.8) is 0 Å². The molecule has 1 rings (SSSR count). The van der Waals surface area contributed by atoms with E-state index in [1.807, 2.05) is 6.92 Å². The lowest BCUT2D eigenvalue weighted by atomic mass is 10.1. The van der Waals surface area contributed by atoms with Crippen molar-refractivity contribution in [3.05, 3.63) is 29.3 Å². The molecule has 17 heavy (non-hydrogen) atoms. The van der Waals surface area contributed by atoms with Crippen LogP contribution in [0.25, 0.3) is 0 Å². The lowest BCUT2D eigenvalue weighted by Crippen LogP contribution is -2.20. The molecule has 0 saturated carbocycles. The minimum atomic E-state index is -1.04. The fourth-order valence-corrected chi connectivity index (χ4v) is 1.30. The van der Waals surface area contributed by atoms with E-state index < -0.39 is 5.97 Å². The number of carbonyl (C=O) groups excluding carboxylic acids is 1. The Kier molecular flexibility index (Phi) is 4.51. The van der Waals surface area contributed by atoms with Gasteiger partial charge in [0.1, 0.15) is 11.3 Å². The Morgan fingerprint density at radius 3 is 2.71 bits per heavy atom. The summed E-state index contributed by atoms with van der Waals surface area (Å²) < 4.78 is 5.31. The maximum atomic E-state index is 11.0. The number of aromatic carboxylic acids is 1. The molecule has 0 atom stereocenters. The van der Waals surface area contributed by atoms with E-state index in [1.165, 1.54) is 13.1 Å². The first-order chi connectivity index (χ1) is 8.04. The lowest BCUT2D eigenvalue weighted by Gasteiger charge is -2.09. The Morgan fingerprint density at radius 2 is 2.12 bits per heavy atom. The van der Waals surface area contributed by atoms with Crippen molar-refractivity contribution >= 4 is 11.9 Å². The molecule has 0 aliphatic carbocycles. The minimum absolute atomic E-state index is 0.104. The van der Waals surface area contributed by atoms with E-state index in [0.717, 1.165) is 5.56 Å². The molecule has 0 aliphatic heterocycles. The smallest absolute Gasteiger partial charge is 0.339 e. The zero-order valence-corrected chi connectivity index (χ0v) is 9.82. The number of hydrogen-bond donors (Lipinski definition) is 2. The molecule has 0 fully saturated rings. The van der Waals surface area contributed by atoms with E-state index in [2.05, 4.69) is 5.32 Å². The van der Waals surface area contributed by atoms with Crippen molar-refractivity contribution in [2.24, 2.45) is 0 Å². The Labute approximate surface area is 99.4 Å². The number of nitrogens with one attached hydrogen (secondary N) is 1. The summed E-state index contributed by atoms with van der Waals surface area (Å²) in [6.45, 7) is 2.00. The zero-order chi connectivity index (χ0) is 12.8. The molecule has 0 radical (unpaired) electrons. The van der Waals surface area contributed by atoms with Gasteiger partial charge in [-0.05, 0) is 24.6 Å². The van der Waals surface area contributed by atoms with Crippen LogP contribution in [0, 0.1) is 6.92 Å². The molecule has 0 aliphatic rings. The third-order valence-electron chi connectivity index (χ3n) is 2.23. The molecular formula is C12H15NO4. The predicted octanol–water partition coefficient (Wildman–Crippen LogP) is 1.21. The van der Waals surface area contributed by atoms with Crippen LogP contribution in [-0.4, -0.2) is 30.6 Å². The zero-order valence-electron chi connectivity index (χ0n) is 9.82. The number of benzene rings is 1. The van der Waals surface area contributed by atoms with Crippen LogP contribution >= 0.6 is 0 Å². The summed E-state index contributed by atoms with van der Waals surface area (Å²) in [6, 6.07) is 4.84. The average Bonchev–Trinajstić information content (AvgIpc) is 2.28. The first-order valence-corrected chi connectivity index (χ1v) is 5.22. The van der Waals surface area contributed by atoms with Gasteiger partial charge < -0.3 is 15.2 Å². The highest BCUT2D eigenvalue weighted by Crippen LogP contribution is 2.20. The first kappa shape index (κ1) is 13.0. The molecule has 1 amide bonds. The summed E-state index contributed by atoms with van der Waals surface area (Å²) in [4.78, 5) is 21.9. The maximum Gasteiger partial charge on any atom is 0.339 e. The molecule has 0 bridgehead atoms. The van der Waals surface area contributed by atoms with E-state index in [-0.39, 0.29) is 24.5 Å². The van der Waals surface area contributed by atoms with Crippen molar-refractivity contribution in [2.45, 2.75) is 13.3 Å². The van der Waals surface area contributed by atoms with Crippen LogP contribution in [0.5, 0.6) is 5.75 Å². The van der Waals surface area contributed by atoms with Crippen LogP contribution in [0.3, 0.4) is 0 Å². The van der Waals surface area contributed by atoms with Gasteiger partial charge in [0.15, 0.2) is 0 Å². The predicted molar refractivity (Wildman–Crippen MR) is 62.3 cm³/mol. The van der Waals surface area contributed by atoms with Crippen LogP contribution < -0.4 is 10.1 Å². The molecule has 5 nitrogen and oxygen atoms in total. The van der Waals surface area contributed by atoms with Crippen molar-refractivity contribution in [1.29, 1.82) is 0 Å². The number of aryl methyl sites for hydroxylation is 1. The number of ether oxygens (including phenoxy) is 1. The van der Waals surface area contributed by atoms with E-state index in [1.54, 1.807) is 12.1 Å². The number of amides is 1. The van der Waals surface area contributed by atoms with E-state index in [9.17, 15) is 9.59 Å². The first-order valence-electron chi connectivity index (χ1n) is 5.22. The summed E-state index contributed by atoms with van der Waals surface area (Å²) in [5.41, 5.74) is 1.01. The normalized spacial score (nSPS) is 9.76. The number of rotatable bonds is 5. The lowest BCUT2D eigenvalue weighted by molar-refractivity contribution is -0.121. The largest absolute Gasteiger partial charge is 0.492 e. The number of hydrogen-bond acceptors (Lipinski definition) is 3. The van der Waals surface area contributed by atoms with E-state index >= 15 is 0 Å². The van der Waals surface area contributed by atoms with E-state index in [4.69, 9.17) is 9.84 Å². The van der Waals surface area contributed by atoms with Gasteiger partial charge in [0.2, 0.25) is 5.91 Å². The van der Waals surface area contributed by atoms with Crippen LogP contribution in [0.15, 0.2) is 18.2 Å². The minimum Gasteiger partial charge on any atom is -0.492 e. The van der Waals surface area contributed by atoms with E-state index in [0.29, 0.717) is 5.75 Å². The quantitative estimate of drug-likeness (QED) is 0.807. The fraction of sp³-hybridized carbons (Fsp3) is 0.333. The third-order valence-corrected chi connectivity index (χ3v) is 2.23. The molecule has 1 aromatic carbocycles. The summed E-state index contributed by atoms with van der Waals surface area (Å²) in [5.74, 6) is -0.893. The summed E-state index contributed by atoms with van der Waals surface area (Å²) in [6.07, 6.45) is 0.198. The Hall–Kier alpha value is -2.04. The van der Waals surface area contributed by atoms with Gasteiger partial charge in [0.25, 0.3) is 0 Å². The highest BCUT2D eigenvalue weighted by atomic mass is 16.5. The molecule has 92 valence electrons. The third kappa shape index (κ3) is 3.79. The number of carboxylic acid groups (broad SMARTS) is 1. The second kappa shape index (κ2) is 5.89. The second-order valence-corrected chi connectivity index (χ2v) is 3.58. The van der Waals surface area contributed by atoms with Gasteiger partial charge in [-0.15, -0.1) is 0 Å². The number of carboxylic acids is 1. The van der Waals surface area contributed by atoms with Gasteiger partial charge in [-0.1, -0.05) is 6.07 Å². The van der Waals surface area contributed by atoms with Crippen LogP contribution in [0.1, 0.15) is 22.3 Å². The van der Waals surface area contributed by atoms with Crippen LogP contribution in [-0.2, 0) is 4.79 Å². The molecule has 1 aromatic rings. The fourth-order valence-electron chi connectivity index (χ4n) is 1.30. The highest BCUT2D eigenvalue weighted by Gasteiger charge is 2.11. The summed E-state index contributed by atoms with van der Waals surface area (Å²) >= 11 is 0. The van der Waals surface area contributed by atoms with Crippen molar-refractivity contribution in [3.8, 4) is 5.75 Å².